The molecule has 0 aliphatic heterocycles. The maximum absolute atomic E-state index is 12.7. The molecule has 1 aromatic carbocycles. The lowest BCUT2D eigenvalue weighted by Gasteiger charge is -2.40. The number of rotatable bonds is 4. The minimum atomic E-state index is -0.245. The van der Waals surface area contributed by atoms with Crippen LogP contribution in [-0.2, 0) is 0 Å². The summed E-state index contributed by atoms with van der Waals surface area (Å²) in [5.74, 6) is -0.147. The van der Waals surface area contributed by atoms with Gasteiger partial charge in [-0.25, -0.2) is 4.98 Å². The van der Waals surface area contributed by atoms with E-state index >= 15 is 0 Å². The maximum atomic E-state index is 12.7. The van der Waals surface area contributed by atoms with E-state index in [-0.39, 0.29) is 22.9 Å². The molecule has 2 aliphatic carbocycles. The Bertz CT molecular complexity index is 867. The monoisotopic (exact) mass is 363 g/mol. The van der Waals surface area contributed by atoms with Crippen LogP contribution in [0.5, 0.6) is 0 Å². The first-order valence-electron chi connectivity index (χ1n) is 9.63. The van der Waals surface area contributed by atoms with Crippen LogP contribution in [0.2, 0.25) is 0 Å². The van der Waals surface area contributed by atoms with E-state index in [1.807, 2.05) is 49.4 Å². The molecule has 2 N–H and O–H groups in total. The Morgan fingerprint density at radius 3 is 2.19 bits per heavy atom. The lowest BCUT2D eigenvalue weighted by Crippen LogP contribution is -2.55. The van der Waals surface area contributed by atoms with Gasteiger partial charge in [-0.1, -0.05) is 24.3 Å². The number of nitrogens with zero attached hydrogens (tertiary/aromatic N) is 1. The zero-order valence-corrected chi connectivity index (χ0v) is 15.6. The summed E-state index contributed by atoms with van der Waals surface area (Å²) in [6, 6.07) is 14.8. The van der Waals surface area contributed by atoms with E-state index in [0.717, 1.165) is 44.2 Å². The molecule has 1 aromatic heterocycles. The molecule has 5 nitrogen and oxygen atoms in total. The molecule has 2 amide bonds. The molecule has 2 aliphatic rings. The van der Waals surface area contributed by atoms with E-state index in [1.165, 1.54) is 0 Å². The minimum Gasteiger partial charge on any atom is -0.347 e. The largest absolute Gasteiger partial charge is 0.347 e. The molecule has 2 atom stereocenters. The Morgan fingerprint density at radius 1 is 0.852 bits per heavy atom. The van der Waals surface area contributed by atoms with Gasteiger partial charge in [0.2, 0.25) is 0 Å². The lowest BCUT2D eigenvalue weighted by atomic mass is 9.78. The second kappa shape index (κ2) is 6.80. The normalized spacial score (nSPS) is 26.4. The van der Waals surface area contributed by atoms with Crippen molar-refractivity contribution in [3.05, 3.63) is 65.5 Å². The fourth-order valence-electron chi connectivity index (χ4n) is 4.71. The molecule has 0 radical (unpaired) electrons. The first-order valence-corrected chi connectivity index (χ1v) is 9.63. The number of benzene rings is 1. The van der Waals surface area contributed by atoms with Crippen LogP contribution >= 0.6 is 0 Å². The fraction of sp³-hybridized carbons (Fsp3) is 0.409. The quantitative estimate of drug-likeness (QED) is 0.875. The van der Waals surface area contributed by atoms with E-state index in [4.69, 9.17) is 0 Å². The number of carbonyl (C=O) groups excluding carboxylic acids is 2. The van der Waals surface area contributed by atoms with Crippen LogP contribution in [-0.4, -0.2) is 27.9 Å². The zero-order valence-electron chi connectivity index (χ0n) is 15.6. The van der Waals surface area contributed by atoms with Crippen molar-refractivity contribution in [3.8, 4) is 0 Å². The summed E-state index contributed by atoms with van der Waals surface area (Å²) < 4.78 is 0. The molecule has 27 heavy (non-hydrogen) atoms. The SMILES string of the molecule is Cc1cccc(C(=O)NC23CCCC(NC(=O)c4ccccc4)(CC2)C3)n1. The zero-order chi connectivity index (χ0) is 18.9. The maximum Gasteiger partial charge on any atom is 0.270 e. The van der Waals surface area contributed by atoms with Crippen LogP contribution in [0.4, 0.5) is 0 Å². The van der Waals surface area contributed by atoms with Gasteiger partial charge in [-0.2, -0.15) is 0 Å². The highest BCUT2D eigenvalue weighted by molar-refractivity contribution is 5.95. The van der Waals surface area contributed by atoms with Crippen molar-refractivity contribution in [2.75, 3.05) is 0 Å². The first-order chi connectivity index (χ1) is 13.0. The van der Waals surface area contributed by atoms with Gasteiger partial charge < -0.3 is 10.6 Å². The molecule has 2 aromatic rings. The summed E-state index contributed by atoms with van der Waals surface area (Å²) in [6.07, 6.45) is 5.48. The predicted octanol–water partition coefficient (Wildman–Crippen LogP) is 3.40. The van der Waals surface area contributed by atoms with Crippen molar-refractivity contribution in [2.24, 2.45) is 0 Å². The highest BCUT2D eigenvalue weighted by atomic mass is 16.2. The van der Waals surface area contributed by atoms with Crippen LogP contribution in [0.25, 0.3) is 0 Å². The molecule has 140 valence electrons. The summed E-state index contributed by atoms with van der Waals surface area (Å²) in [6.45, 7) is 1.88. The van der Waals surface area contributed by atoms with Gasteiger partial charge in [0, 0.05) is 22.3 Å². The van der Waals surface area contributed by atoms with Gasteiger partial charge in [0.25, 0.3) is 11.8 Å². The minimum absolute atomic E-state index is 0.0278. The number of hydrogen-bond donors (Lipinski definition) is 2. The molecule has 2 bridgehead atoms. The molecule has 2 saturated carbocycles. The number of hydrogen-bond acceptors (Lipinski definition) is 3. The van der Waals surface area contributed by atoms with Crippen molar-refractivity contribution >= 4 is 11.8 Å². The Hall–Kier alpha value is -2.69. The van der Waals surface area contributed by atoms with Gasteiger partial charge in [-0.05, 0) is 69.7 Å². The fourth-order valence-corrected chi connectivity index (χ4v) is 4.71. The molecule has 0 spiro atoms. The van der Waals surface area contributed by atoms with E-state index in [1.54, 1.807) is 6.07 Å². The van der Waals surface area contributed by atoms with Gasteiger partial charge in [0.05, 0.1) is 0 Å². The molecule has 1 heterocycles. The average molecular weight is 363 g/mol. The van der Waals surface area contributed by atoms with Crippen LogP contribution < -0.4 is 10.6 Å². The number of amides is 2. The van der Waals surface area contributed by atoms with E-state index in [2.05, 4.69) is 15.6 Å². The number of aryl methyl sites for hydroxylation is 1. The number of aromatic nitrogens is 1. The summed E-state index contributed by atoms with van der Waals surface area (Å²) in [7, 11) is 0. The van der Waals surface area contributed by atoms with Gasteiger partial charge in [-0.15, -0.1) is 0 Å². The molecular formula is C22H25N3O2. The predicted molar refractivity (Wildman–Crippen MR) is 104 cm³/mol. The van der Waals surface area contributed by atoms with Crippen LogP contribution in [0.1, 0.15) is 65.1 Å². The van der Waals surface area contributed by atoms with Crippen molar-refractivity contribution in [3.63, 3.8) is 0 Å². The Kier molecular flexibility index (Phi) is 4.46. The van der Waals surface area contributed by atoms with E-state index < -0.39 is 0 Å². The summed E-state index contributed by atoms with van der Waals surface area (Å²) in [5.41, 5.74) is 1.51. The third-order valence-corrected chi connectivity index (χ3v) is 5.98. The highest BCUT2D eigenvalue weighted by Crippen LogP contribution is 2.48. The summed E-state index contributed by atoms with van der Waals surface area (Å²) in [4.78, 5) is 29.7. The van der Waals surface area contributed by atoms with E-state index in [0.29, 0.717) is 11.3 Å². The molecule has 2 fully saturated rings. The van der Waals surface area contributed by atoms with E-state index in [9.17, 15) is 9.59 Å². The Balaban J connectivity index is 1.48. The number of carbonyl (C=O) groups is 2. The smallest absolute Gasteiger partial charge is 0.270 e. The Morgan fingerprint density at radius 2 is 1.52 bits per heavy atom. The van der Waals surface area contributed by atoms with Gasteiger partial charge in [0.15, 0.2) is 0 Å². The second-order valence-corrected chi connectivity index (χ2v) is 8.03. The second-order valence-electron chi connectivity index (χ2n) is 8.03. The molecule has 0 saturated heterocycles. The van der Waals surface area contributed by atoms with Crippen molar-refractivity contribution in [1.29, 1.82) is 0 Å². The molecular weight excluding hydrogens is 338 g/mol. The van der Waals surface area contributed by atoms with Crippen LogP contribution in [0.3, 0.4) is 0 Å². The van der Waals surface area contributed by atoms with Crippen molar-refractivity contribution in [2.45, 2.75) is 56.5 Å². The Labute approximate surface area is 159 Å². The summed E-state index contributed by atoms with van der Waals surface area (Å²) in [5, 5.41) is 6.53. The van der Waals surface area contributed by atoms with Gasteiger partial charge >= 0.3 is 0 Å². The van der Waals surface area contributed by atoms with Gasteiger partial charge in [-0.3, -0.25) is 9.59 Å². The molecule has 4 rings (SSSR count). The lowest BCUT2D eigenvalue weighted by molar-refractivity contribution is 0.0829. The molecule has 2 unspecified atom stereocenters. The third-order valence-electron chi connectivity index (χ3n) is 5.98. The average Bonchev–Trinajstić information content (AvgIpc) is 2.92. The van der Waals surface area contributed by atoms with Crippen LogP contribution in [0, 0.1) is 6.92 Å². The van der Waals surface area contributed by atoms with Crippen LogP contribution in [0.15, 0.2) is 48.5 Å². The van der Waals surface area contributed by atoms with Gasteiger partial charge in [0.1, 0.15) is 5.69 Å². The molecule has 5 heteroatoms. The van der Waals surface area contributed by atoms with Crippen molar-refractivity contribution in [1.82, 2.24) is 15.6 Å². The number of fused-ring (bicyclic) bond motifs is 2. The van der Waals surface area contributed by atoms with Crippen molar-refractivity contribution < 1.29 is 9.59 Å². The summed E-state index contributed by atoms with van der Waals surface area (Å²) >= 11 is 0. The first kappa shape index (κ1) is 17.7. The standard InChI is InChI=1S/C22H25N3O2/c1-16-7-5-10-18(23-16)20(27)25-22-12-6-11-21(15-22,13-14-22)24-19(26)17-8-3-2-4-9-17/h2-5,7-10H,6,11-15H2,1H3,(H,24,26)(H,25,27). The third kappa shape index (κ3) is 3.59. The topological polar surface area (TPSA) is 71.1 Å². The number of nitrogens with one attached hydrogen (secondary N) is 2. The number of pyridine rings is 1. The highest BCUT2D eigenvalue weighted by Gasteiger charge is 2.52.